The summed E-state index contributed by atoms with van der Waals surface area (Å²) in [6.07, 6.45) is 6.84. The first kappa shape index (κ1) is 22.7. The summed E-state index contributed by atoms with van der Waals surface area (Å²) in [5.74, 6) is 0.351. The highest BCUT2D eigenvalue weighted by molar-refractivity contribution is 7.13. The molecule has 1 aromatic heterocycles. The van der Waals surface area contributed by atoms with Gasteiger partial charge in [0.2, 0.25) is 5.13 Å². The van der Waals surface area contributed by atoms with Crippen LogP contribution >= 0.6 is 11.3 Å². The summed E-state index contributed by atoms with van der Waals surface area (Å²) in [7, 11) is 1.53. The van der Waals surface area contributed by atoms with E-state index in [0.29, 0.717) is 28.9 Å². The van der Waals surface area contributed by atoms with Crippen molar-refractivity contribution in [3.8, 4) is 11.5 Å². The van der Waals surface area contributed by atoms with Gasteiger partial charge in [0.1, 0.15) is 0 Å². The molecule has 2 aromatic rings. The monoisotopic (exact) mass is 445 g/mol. The van der Waals surface area contributed by atoms with Crippen LogP contribution in [0.5, 0.6) is 11.5 Å². The Bertz CT molecular complexity index is 922. The lowest BCUT2D eigenvalue weighted by atomic mass is 9.89. The molecule has 1 N–H and O–H groups in total. The molecule has 0 radical (unpaired) electrons. The van der Waals surface area contributed by atoms with E-state index < -0.39 is 0 Å². The minimum absolute atomic E-state index is 0.0316. The SMILES string of the molecule is CCOC(=O)Cc1csc(NN=Cc2ccc(OC(=O)C3CCCCC3)c(OC)c2)n1. The Morgan fingerprint density at radius 1 is 1.26 bits per heavy atom. The van der Waals surface area contributed by atoms with E-state index in [9.17, 15) is 9.59 Å². The van der Waals surface area contributed by atoms with Gasteiger partial charge in [-0.05, 0) is 43.5 Å². The first-order valence-corrected chi connectivity index (χ1v) is 11.3. The quantitative estimate of drug-likeness (QED) is 0.267. The van der Waals surface area contributed by atoms with E-state index in [0.717, 1.165) is 31.2 Å². The average Bonchev–Trinajstić information content (AvgIpc) is 3.22. The molecule has 1 heterocycles. The number of hydrogen-bond donors (Lipinski definition) is 1. The third-order valence-electron chi connectivity index (χ3n) is 4.89. The van der Waals surface area contributed by atoms with Crippen LogP contribution in [-0.2, 0) is 20.7 Å². The number of ether oxygens (including phenoxy) is 3. The molecular weight excluding hydrogens is 418 g/mol. The van der Waals surface area contributed by atoms with E-state index in [2.05, 4.69) is 15.5 Å². The van der Waals surface area contributed by atoms with Crippen molar-refractivity contribution < 1.29 is 23.8 Å². The Morgan fingerprint density at radius 3 is 2.81 bits per heavy atom. The molecule has 0 amide bonds. The molecule has 0 unspecified atom stereocenters. The highest BCUT2D eigenvalue weighted by Crippen LogP contribution is 2.31. The third kappa shape index (κ3) is 6.78. The maximum Gasteiger partial charge on any atom is 0.314 e. The number of esters is 2. The fourth-order valence-electron chi connectivity index (χ4n) is 3.34. The van der Waals surface area contributed by atoms with Crippen molar-refractivity contribution in [1.29, 1.82) is 0 Å². The highest BCUT2D eigenvalue weighted by Gasteiger charge is 2.24. The number of carbonyl (C=O) groups is 2. The third-order valence-corrected chi connectivity index (χ3v) is 5.69. The lowest BCUT2D eigenvalue weighted by molar-refractivity contribution is -0.142. The van der Waals surface area contributed by atoms with Gasteiger partial charge in [-0.3, -0.25) is 15.0 Å². The second-order valence-electron chi connectivity index (χ2n) is 7.16. The molecule has 1 aliphatic rings. The van der Waals surface area contributed by atoms with Gasteiger partial charge in [0, 0.05) is 5.38 Å². The van der Waals surface area contributed by atoms with Gasteiger partial charge >= 0.3 is 11.9 Å². The van der Waals surface area contributed by atoms with Gasteiger partial charge in [-0.15, -0.1) is 11.3 Å². The van der Waals surface area contributed by atoms with Gasteiger partial charge in [0.15, 0.2) is 11.5 Å². The Morgan fingerprint density at radius 2 is 2.06 bits per heavy atom. The number of hydrogen-bond acceptors (Lipinski definition) is 9. The first-order valence-electron chi connectivity index (χ1n) is 10.4. The second-order valence-corrected chi connectivity index (χ2v) is 8.02. The second kappa shape index (κ2) is 11.5. The smallest absolute Gasteiger partial charge is 0.314 e. The molecule has 0 bridgehead atoms. The summed E-state index contributed by atoms with van der Waals surface area (Å²) in [4.78, 5) is 28.2. The standard InChI is InChI=1S/C22H27N3O5S/c1-3-29-20(26)12-17-14-31-22(24-17)25-23-13-15-9-10-18(19(11-15)28-2)30-21(27)16-7-5-4-6-8-16/h9-11,13-14,16H,3-8,12H2,1-2H3,(H,24,25). The van der Waals surface area contributed by atoms with E-state index in [1.807, 2.05) is 0 Å². The van der Waals surface area contributed by atoms with Crippen LogP contribution in [0, 0.1) is 5.92 Å². The van der Waals surface area contributed by atoms with Crippen LogP contribution in [0.2, 0.25) is 0 Å². The first-order chi connectivity index (χ1) is 15.1. The summed E-state index contributed by atoms with van der Waals surface area (Å²) in [6.45, 7) is 2.11. The lowest BCUT2D eigenvalue weighted by Gasteiger charge is -2.20. The zero-order valence-corrected chi connectivity index (χ0v) is 18.6. The summed E-state index contributed by atoms with van der Waals surface area (Å²) in [5, 5.41) is 6.53. The Hall–Kier alpha value is -2.94. The molecule has 0 atom stereocenters. The van der Waals surface area contributed by atoms with Gasteiger partial charge < -0.3 is 14.2 Å². The lowest BCUT2D eigenvalue weighted by Crippen LogP contribution is -2.22. The van der Waals surface area contributed by atoms with Crippen LogP contribution in [-0.4, -0.2) is 36.9 Å². The summed E-state index contributed by atoms with van der Waals surface area (Å²) in [6, 6.07) is 5.26. The molecule has 0 spiro atoms. The summed E-state index contributed by atoms with van der Waals surface area (Å²) < 4.78 is 15.9. The molecular formula is C22H27N3O5S. The van der Waals surface area contributed by atoms with E-state index in [1.54, 1.807) is 36.7 Å². The van der Waals surface area contributed by atoms with Crippen molar-refractivity contribution in [2.24, 2.45) is 11.0 Å². The highest BCUT2D eigenvalue weighted by atomic mass is 32.1. The molecule has 1 aliphatic carbocycles. The number of benzene rings is 1. The van der Waals surface area contributed by atoms with Gasteiger partial charge in [0.25, 0.3) is 0 Å². The van der Waals surface area contributed by atoms with Crippen molar-refractivity contribution in [3.05, 3.63) is 34.8 Å². The zero-order valence-electron chi connectivity index (χ0n) is 17.8. The van der Waals surface area contributed by atoms with Crippen molar-refractivity contribution in [1.82, 2.24) is 4.98 Å². The van der Waals surface area contributed by atoms with Crippen LogP contribution < -0.4 is 14.9 Å². The topological polar surface area (TPSA) is 99.1 Å². The largest absolute Gasteiger partial charge is 0.493 e. The fourth-order valence-corrected chi connectivity index (χ4v) is 4.00. The molecule has 3 rings (SSSR count). The molecule has 31 heavy (non-hydrogen) atoms. The number of nitrogens with zero attached hydrogens (tertiary/aromatic N) is 2. The van der Waals surface area contributed by atoms with Crippen LogP contribution in [0.1, 0.15) is 50.3 Å². The molecule has 1 aromatic carbocycles. The maximum atomic E-state index is 12.4. The van der Waals surface area contributed by atoms with Crippen molar-refractivity contribution in [2.75, 3.05) is 19.1 Å². The van der Waals surface area contributed by atoms with Gasteiger partial charge in [-0.25, -0.2) is 4.98 Å². The van der Waals surface area contributed by atoms with Crippen molar-refractivity contribution in [3.63, 3.8) is 0 Å². The van der Waals surface area contributed by atoms with Crippen LogP contribution in [0.3, 0.4) is 0 Å². The molecule has 0 saturated heterocycles. The maximum absolute atomic E-state index is 12.4. The number of carbonyl (C=O) groups excluding carboxylic acids is 2. The minimum Gasteiger partial charge on any atom is -0.493 e. The van der Waals surface area contributed by atoms with Crippen molar-refractivity contribution >= 4 is 34.6 Å². The fraction of sp³-hybridized carbons (Fsp3) is 0.455. The van der Waals surface area contributed by atoms with E-state index in [1.165, 1.54) is 24.9 Å². The normalized spacial score (nSPS) is 14.4. The number of anilines is 1. The number of rotatable bonds is 9. The van der Waals surface area contributed by atoms with Gasteiger partial charge in [-0.2, -0.15) is 5.10 Å². The van der Waals surface area contributed by atoms with Crippen LogP contribution in [0.4, 0.5) is 5.13 Å². The molecule has 8 nitrogen and oxygen atoms in total. The van der Waals surface area contributed by atoms with Gasteiger partial charge in [0.05, 0.1) is 38.0 Å². The predicted molar refractivity (Wildman–Crippen MR) is 119 cm³/mol. The number of nitrogens with one attached hydrogen (secondary N) is 1. The average molecular weight is 446 g/mol. The zero-order chi connectivity index (χ0) is 22.1. The minimum atomic E-state index is -0.306. The molecule has 1 fully saturated rings. The summed E-state index contributed by atoms with van der Waals surface area (Å²) >= 11 is 1.35. The molecule has 9 heteroatoms. The van der Waals surface area contributed by atoms with E-state index in [4.69, 9.17) is 14.2 Å². The Kier molecular flexibility index (Phi) is 8.40. The van der Waals surface area contributed by atoms with Crippen molar-refractivity contribution in [2.45, 2.75) is 45.4 Å². The molecule has 0 aliphatic heterocycles. The van der Waals surface area contributed by atoms with E-state index >= 15 is 0 Å². The summed E-state index contributed by atoms with van der Waals surface area (Å²) in [5.41, 5.74) is 4.24. The molecule has 166 valence electrons. The van der Waals surface area contributed by atoms with Crippen LogP contribution in [0.15, 0.2) is 28.7 Å². The number of methoxy groups -OCH3 is 1. The predicted octanol–water partition coefficient (Wildman–Crippen LogP) is 4.19. The molecule has 1 saturated carbocycles. The van der Waals surface area contributed by atoms with E-state index in [-0.39, 0.29) is 24.3 Å². The van der Waals surface area contributed by atoms with Crippen LogP contribution in [0.25, 0.3) is 0 Å². The number of aromatic nitrogens is 1. The number of hydrazone groups is 1. The Labute approximate surface area is 185 Å². The number of thiazole rings is 1. The Balaban J connectivity index is 1.57. The van der Waals surface area contributed by atoms with Gasteiger partial charge in [-0.1, -0.05) is 19.3 Å².